The van der Waals surface area contributed by atoms with Crippen LogP contribution in [0.3, 0.4) is 0 Å². The van der Waals surface area contributed by atoms with Gasteiger partial charge >= 0.3 is 6.18 Å². The van der Waals surface area contributed by atoms with E-state index in [0.717, 1.165) is 48.4 Å². The Morgan fingerprint density at radius 3 is 2.03 bits per heavy atom. The van der Waals surface area contributed by atoms with E-state index in [1.165, 1.54) is 29.9 Å². The van der Waals surface area contributed by atoms with Crippen LogP contribution in [-0.4, -0.2) is 0 Å². The van der Waals surface area contributed by atoms with Crippen molar-refractivity contribution in [2.75, 3.05) is 0 Å². The van der Waals surface area contributed by atoms with Crippen LogP contribution in [0.25, 0.3) is 21.9 Å². The van der Waals surface area contributed by atoms with Crippen molar-refractivity contribution >= 4 is 22.1 Å². The van der Waals surface area contributed by atoms with Gasteiger partial charge in [0, 0.05) is 4.88 Å². The predicted molar refractivity (Wildman–Crippen MR) is 134 cm³/mol. The van der Waals surface area contributed by atoms with Crippen LogP contribution in [0.1, 0.15) is 54.5 Å². The van der Waals surface area contributed by atoms with Gasteiger partial charge in [0.05, 0.1) is 5.56 Å². The average Bonchev–Trinajstić information content (AvgIpc) is 3.33. The maximum absolute atomic E-state index is 13.9. The van der Waals surface area contributed by atoms with Crippen molar-refractivity contribution in [3.8, 4) is 11.1 Å². The quantitative estimate of drug-likeness (QED) is 0.204. The largest absolute Gasteiger partial charge is 0.416 e. The minimum absolute atomic E-state index is 0.430. The Labute approximate surface area is 198 Å². The Balaban J connectivity index is 1.44. The molecule has 0 nitrogen and oxygen atoms in total. The van der Waals surface area contributed by atoms with Crippen molar-refractivity contribution in [3.05, 3.63) is 94.2 Å². The summed E-state index contributed by atoms with van der Waals surface area (Å²) in [5.74, 6) is 0. The molecule has 4 aromatic rings. The zero-order valence-electron chi connectivity index (χ0n) is 18.7. The van der Waals surface area contributed by atoms with E-state index in [2.05, 4.69) is 17.5 Å². The van der Waals surface area contributed by atoms with Crippen LogP contribution in [0.2, 0.25) is 0 Å². The summed E-state index contributed by atoms with van der Waals surface area (Å²) in [5.41, 5.74) is 1.52. The monoisotopic (exact) mass is 466 g/mol. The molecule has 0 atom stereocenters. The fraction of sp³-hybridized carbons (Fsp3) is 0.310. The molecule has 0 saturated heterocycles. The van der Waals surface area contributed by atoms with Gasteiger partial charge in [-0.15, -0.1) is 11.3 Å². The topological polar surface area (TPSA) is 0 Å². The summed E-state index contributed by atoms with van der Waals surface area (Å²) in [6, 6.07) is 22.6. The summed E-state index contributed by atoms with van der Waals surface area (Å²) in [6.07, 6.45) is 3.54. The van der Waals surface area contributed by atoms with Gasteiger partial charge < -0.3 is 0 Å². The van der Waals surface area contributed by atoms with Crippen LogP contribution >= 0.6 is 11.3 Å². The predicted octanol–water partition coefficient (Wildman–Crippen LogP) is 9.71. The molecule has 3 aromatic carbocycles. The second kappa shape index (κ2) is 11.0. The number of aryl methyl sites for hydroxylation is 1. The molecule has 33 heavy (non-hydrogen) atoms. The lowest BCUT2D eigenvalue weighted by Gasteiger charge is -2.18. The molecule has 0 unspecified atom stereocenters. The van der Waals surface area contributed by atoms with Crippen molar-refractivity contribution in [2.45, 2.75) is 57.5 Å². The van der Waals surface area contributed by atoms with Gasteiger partial charge in [-0.3, -0.25) is 0 Å². The Hall–Kier alpha value is -2.59. The van der Waals surface area contributed by atoms with Crippen LogP contribution in [0, 0.1) is 0 Å². The highest BCUT2D eigenvalue weighted by atomic mass is 32.1. The summed E-state index contributed by atoms with van der Waals surface area (Å²) in [6.45, 7) is 0. The lowest BCUT2D eigenvalue weighted by atomic mass is 9.89. The second-order valence-corrected chi connectivity index (χ2v) is 9.59. The molecule has 0 fully saturated rings. The lowest BCUT2D eigenvalue weighted by molar-refractivity contribution is -0.138. The zero-order valence-corrected chi connectivity index (χ0v) is 19.5. The number of alkyl halides is 3. The molecule has 0 aliphatic carbocycles. The number of thiophene rings is 1. The van der Waals surface area contributed by atoms with Gasteiger partial charge in [0.1, 0.15) is 0 Å². The molecular weight excluding hydrogens is 437 g/mol. The molecule has 4 rings (SSSR count). The molecule has 0 aliphatic rings. The highest BCUT2D eigenvalue weighted by Gasteiger charge is 2.34. The molecule has 0 saturated carbocycles. The van der Waals surface area contributed by atoms with E-state index < -0.39 is 11.7 Å². The van der Waals surface area contributed by atoms with Gasteiger partial charge in [0.25, 0.3) is 0 Å². The Morgan fingerprint density at radius 2 is 1.27 bits per heavy atom. The molecule has 0 spiro atoms. The Morgan fingerprint density at radius 1 is 0.606 bits per heavy atom. The number of halogens is 3. The summed E-state index contributed by atoms with van der Waals surface area (Å²) in [7, 11) is 0. The molecule has 0 radical (unpaired) electrons. The fourth-order valence-electron chi connectivity index (χ4n) is 4.60. The van der Waals surface area contributed by atoms with Crippen LogP contribution in [0.5, 0.6) is 0 Å². The standard InChI is InChI=1S/C29H29F3S/c30-29(31,32)28-20-10-19-26(25-18-9-13-22-12-7-8-16-24(22)25)27(28)17-6-4-2-1-3-5-14-23-15-11-21-33-23/h7-13,15-16,18-21H,1-6,14,17H2. The van der Waals surface area contributed by atoms with E-state index in [-0.39, 0.29) is 0 Å². The maximum atomic E-state index is 13.9. The smallest absolute Gasteiger partial charge is 0.166 e. The molecule has 0 bridgehead atoms. The van der Waals surface area contributed by atoms with Crippen molar-refractivity contribution in [1.29, 1.82) is 0 Å². The van der Waals surface area contributed by atoms with Gasteiger partial charge in [0.2, 0.25) is 0 Å². The highest BCUT2D eigenvalue weighted by Crippen LogP contribution is 2.39. The SMILES string of the molecule is FC(F)(F)c1cccc(-c2cccc3ccccc23)c1CCCCCCCCc1cccs1. The van der Waals surface area contributed by atoms with E-state index in [1.54, 1.807) is 11.3 Å². The number of hydrogen-bond acceptors (Lipinski definition) is 1. The van der Waals surface area contributed by atoms with Gasteiger partial charge in [-0.1, -0.05) is 86.3 Å². The molecule has 172 valence electrons. The second-order valence-electron chi connectivity index (χ2n) is 8.56. The summed E-state index contributed by atoms with van der Waals surface area (Å²) in [5, 5.41) is 4.15. The average molecular weight is 467 g/mol. The third-order valence-corrected chi connectivity index (χ3v) is 7.18. The number of fused-ring (bicyclic) bond motifs is 1. The minimum Gasteiger partial charge on any atom is -0.166 e. The van der Waals surface area contributed by atoms with Gasteiger partial charge in [-0.2, -0.15) is 13.2 Å². The maximum Gasteiger partial charge on any atom is 0.416 e. The van der Waals surface area contributed by atoms with E-state index in [9.17, 15) is 13.2 Å². The molecular formula is C29H29F3S. The van der Waals surface area contributed by atoms with Crippen molar-refractivity contribution in [1.82, 2.24) is 0 Å². The first kappa shape index (κ1) is 23.6. The van der Waals surface area contributed by atoms with Crippen molar-refractivity contribution in [2.24, 2.45) is 0 Å². The zero-order chi connectivity index (χ0) is 23.1. The first-order valence-corrected chi connectivity index (χ1v) is 12.6. The van der Waals surface area contributed by atoms with Crippen LogP contribution in [0.15, 0.2) is 78.2 Å². The van der Waals surface area contributed by atoms with Crippen molar-refractivity contribution < 1.29 is 13.2 Å². The minimum atomic E-state index is -4.35. The fourth-order valence-corrected chi connectivity index (χ4v) is 5.35. The normalized spacial score (nSPS) is 11.8. The third kappa shape index (κ3) is 6.05. The third-order valence-electron chi connectivity index (χ3n) is 6.24. The van der Waals surface area contributed by atoms with E-state index in [4.69, 9.17) is 0 Å². The van der Waals surface area contributed by atoms with Gasteiger partial charge in [-0.25, -0.2) is 0 Å². The molecule has 1 aromatic heterocycles. The van der Waals surface area contributed by atoms with Crippen LogP contribution in [-0.2, 0) is 19.0 Å². The number of benzene rings is 3. The first-order valence-electron chi connectivity index (χ1n) is 11.7. The molecule has 0 aliphatic heterocycles. The molecule has 0 amide bonds. The van der Waals surface area contributed by atoms with Gasteiger partial charge in [-0.05, 0) is 70.7 Å². The van der Waals surface area contributed by atoms with Gasteiger partial charge in [0.15, 0.2) is 0 Å². The number of rotatable bonds is 10. The molecule has 0 N–H and O–H groups in total. The summed E-state index contributed by atoms with van der Waals surface area (Å²) >= 11 is 1.80. The van der Waals surface area contributed by atoms with E-state index >= 15 is 0 Å². The van der Waals surface area contributed by atoms with Crippen molar-refractivity contribution in [3.63, 3.8) is 0 Å². The number of unbranched alkanes of at least 4 members (excludes halogenated alkanes) is 5. The summed E-state index contributed by atoms with van der Waals surface area (Å²) in [4.78, 5) is 1.43. The van der Waals surface area contributed by atoms with Crippen LogP contribution < -0.4 is 0 Å². The van der Waals surface area contributed by atoms with E-state index in [1.807, 2.05) is 48.5 Å². The Kier molecular flexibility index (Phi) is 7.87. The lowest BCUT2D eigenvalue weighted by Crippen LogP contribution is -2.10. The van der Waals surface area contributed by atoms with Crippen LogP contribution in [0.4, 0.5) is 13.2 Å². The molecule has 1 heterocycles. The number of hydrogen-bond donors (Lipinski definition) is 0. The highest BCUT2D eigenvalue weighted by molar-refractivity contribution is 7.09. The Bertz CT molecular complexity index is 1150. The molecule has 4 heteroatoms. The van der Waals surface area contributed by atoms with E-state index in [0.29, 0.717) is 17.5 Å². The summed E-state index contributed by atoms with van der Waals surface area (Å²) < 4.78 is 41.7. The first-order chi connectivity index (χ1) is 16.0.